The minimum atomic E-state index is -0.525. The number of carbonyl (C=O) groups is 1. The van der Waals surface area contributed by atoms with E-state index in [9.17, 15) is 4.79 Å². The van der Waals surface area contributed by atoms with Crippen molar-refractivity contribution in [3.8, 4) is 5.75 Å². The lowest BCUT2D eigenvalue weighted by molar-refractivity contribution is -0.117. The van der Waals surface area contributed by atoms with E-state index in [0.717, 1.165) is 12.3 Å². The number of nitrogens with zero attached hydrogens (tertiary/aromatic N) is 1. The molecule has 0 radical (unpaired) electrons. The van der Waals surface area contributed by atoms with Crippen LogP contribution in [0, 0.1) is 0 Å². The van der Waals surface area contributed by atoms with Crippen LogP contribution < -0.4 is 15.8 Å². The molecule has 0 saturated carbocycles. The molecule has 0 spiro atoms. The molecule has 3 N–H and O–H groups in total. The second kappa shape index (κ2) is 10.7. The van der Waals surface area contributed by atoms with E-state index in [1.165, 1.54) is 0 Å². The topological polar surface area (TPSA) is 67.6 Å². The van der Waals surface area contributed by atoms with Gasteiger partial charge in [0.15, 0.2) is 0 Å². The predicted octanol–water partition coefficient (Wildman–Crippen LogP) is 1.76. The van der Waals surface area contributed by atoms with Crippen LogP contribution in [-0.2, 0) is 4.79 Å². The number of nitrogens with two attached hydrogens (primary N) is 1. The van der Waals surface area contributed by atoms with Gasteiger partial charge in [0.2, 0.25) is 5.91 Å². The Morgan fingerprint density at radius 3 is 2.60 bits per heavy atom. The molecule has 0 saturated heterocycles. The first-order valence-corrected chi connectivity index (χ1v) is 5.93. The molecule has 7 heteroatoms. The van der Waals surface area contributed by atoms with Crippen molar-refractivity contribution in [3.63, 3.8) is 0 Å². The maximum atomic E-state index is 11.4. The van der Waals surface area contributed by atoms with Gasteiger partial charge in [0, 0.05) is 18.3 Å². The summed E-state index contributed by atoms with van der Waals surface area (Å²) in [6, 6.07) is 6.76. The van der Waals surface area contributed by atoms with Crippen LogP contribution in [0.5, 0.6) is 5.75 Å². The molecule has 1 unspecified atom stereocenters. The van der Waals surface area contributed by atoms with Gasteiger partial charge in [0.1, 0.15) is 12.4 Å². The van der Waals surface area contributed by atoms with Crippen LogP contribution in [0.2, 0.25) is 0 Å². The van der Waals surface area contributed by atoms with Gasteiger partial charge in [-0.2, -0.15) is 0 Å². The number of anilines is 1. The third-order valence-corrected chi connectivity index (χ3v) is 2.32. The molecule has 0 heterocycles. The van der Waals surface area contributed by atoms with Crippen LogP contribution >= 0.6 is 24.8 Å². The number of carbonyl (C=O) groups excluding carboxylic acids is 1. The Kier molecular flexibility index (Phi) is 11.4. The number of amides is 1. The zero-order valence-corrected chi connectivity index (χ0v) is 13.6. The molecule has 0 aromatic heterocycles. The van der Waals surface area contributed by atoms with E-state index in [1.54, 1.807) is 19.1 Å². The molecular weight excluding hydrogens is 301 g/mol. The molecule has 0 bridgehead atoms. The van der Waals surface area contributed by atoms with E-state index in [0.29, 0.717) is 12.3 Å². The summed E-state index contributed by atoms with van der Waals surface area (Å²) in [7, 11) is 3.98. The predicted molar refractivity (Wildman–Crippen MR) is 87.3 cm³/mol. The van der Waals surface area contributed by atoms with Crippen molar-refractivity contribution in [1.82, 2.24) is 4.90 Å². The SMILES string of the molecule is CC(N)C(=O)Nc1cccc(OCCN(C)C)c1.Cl.Cl. The third kappa shape index (κ3) is 8.22. The molecule has 0 aliphatic carbocycles. The fourth-order valence-electron chi connectivity index (χ4n) is 1.27. The summed E-state index contributed by atoms with van der Waals surface area (Å²) < 4.78 is 5.58. The normalized spacial score (nSPS) is 11.1. The Balaban J connectivity index is 0. The molecule has 0 aliphatic rings. The molecule has 1 aromatic rings. The molecule has 1 rings (SSSR count). The van der Waals surface area contributed by atoms with Gasteiger partial charge < -0.3 is 20.7 Å². The van der Waals surface area contributed by atoms with Gasteiger partial charge in [-0.25, -0.2) is 0 Å². The van der Waals surface area contributed by atoms with Crippen LogP contribution in [0.4, 0.5) is 5.69 Å². The van der Waals surface area contributed by atoms with Crippen LogP contribution in [0.3, 0.4) is 0 Å². The highest BCUT2D eigenvalue weighted by Crippen LogP contribution is 2.17. The summed E-state index contributed by atoms with van der Waals surface area (Å²) in [4.78, 5) is 13.5. The molecular formula is C13H23Cl2N3O2. The maximum Gasteiger partial charge on any atom is 0.241 e. The molecule has 0 aliphatic heterocycles. The molecule has 116 valence electrons. The zero-order chi connectivity index (χ0) is 13.5. The highest BCUT2D eigenvalue weighted by molar-refractivity contribution is 5.94. The van der Waals surface area contributed by atoms with E-state index in [4.69, 9.17) is 10.5 Å². The fraction of sp³-hybridized carbons (Fsp3) is 0.462. The Morgan fingerprint density at radius 2 is 2.05 bits per heavy atom. The molecule has 1 aromatic carbocycles. The van der Waals surface area contributed by atoms with Crippen LogP contribution in [0.15, 0.2) is 24.3 Å². The Labute approximate surface area is 132 Å². The van der Waals surface area contributed by atoms with Gasteiger partial charge in [-0.3, -0.25) is 4.79 Å². The summed E-state index contributed by atoms with van der Waals surface area (Å²) >= 11 is 0. The standard InChI is InChI=1S/C13H21N3O2.2ClH/c1-10(14)13(17)15-11-5-4-6-12(9-11)18-8-7-16(2)3;;/h4-6,9-10H,7-8,14H2,1-3H3,(H,15,17);2*1H. The fourth-order valence-corrected chi connectivity index (χ4v) is 1.27. The third-order valence-electron chi connectivity index (χ3n) is 2.32. The summed E-state index contributed by atoms with van der Waals surface area (Å²) in [6.07, 6.45) is 0. The van der Waals surface area contributed by atoms with Gasteiger partial charge in [0.25, 0.3) is 0 Å². The maximum absolute atomic E-state index is 11.4. The molecule has 20 heavy (non-hydrogen) atoms. The van der Waals surface area contributed by atoms with E-state index in [-0.39, 0.29) is 30.7 Å². The van der Waals surface area contributed by atoms with E-state index in [1.807, 2.05) is 31.1 Å². The Hall–Kier alpha value is -1.01. The monoisotopic (exact) mass is 323 g/mol. The largest absolute Gasteiger partial charge is 0.492 e. The van der Waals surface area contributed by atoms with Gasteiger partial charge in [-0.15, -0.1) is 24.8 Å². The molecule has 5 nitrogen and oxygen atoms in total. The van der Waals surface area contributed by atoms with Crippen LogP contribution in [0.1, 0.15) is 6.92 Å². The summed E-state index contributed by atoms with van der Waals surface area (Å²) in [5, 5.41) is 2.73. The van der Waals surface area contributed by atoms with Gasteiger partial charge >= 0.3 is 0 Å². The second-order valence-electron chi connectivity index (χ2n) is 4.46. The highest BCUT2D eigenvalue weighted by atomic mass is 35.5. The van der Waals surface area contributed by atoms with Crippen molar-refractivity contribution in [3.05, 3.63) is 24.3 Å². The van der Waals surface area contributed by atoms with E-state index >= 15 is 0 Å². The minimum absolute atomic E-state index is 0. The van der Waals surface area contributed by atoms with Crippen molar-refractivity contribution < 1.29 is 9.53 Å². The number of likely N-dealkylation sites (N-methyl/N-ethyl adjacent to an activating group) is 1. The lowest BCUT2D eigenvalue weighted by atomic mass is 10.2. The number of hydrogen-bond acceptors (Lipinski definition) is 4. The summed E-state index contributed by atoms with van der Waals surface area (Å²) in [6.45, 7) is 3.10. The average molecular weight is 324 g/mol. The lowest BCUT2D eigenvalue weighted by Gasteiger charge is -2.12. The number of rotatable bonds is 6. The molecule has 1 atom stereocenters. The first-order chi connectivity index (χ1) is 8.49. The number of benzene rings is 1. The first kappa shape index (κ1) is 21.3. The van der Waals surface area contributed by atoms with E-state index in [2.05, 4.69) is 5.32 Å². The van der Waals surface area contributed by atoms with Crippen molar-refractivity contribution in [2.24, 2.45) is 5.73 Å². The lowest BCUT2D eigenvalue weighted by Crippen LogP contribution is -2.32. The number of halogens is 2. The molecule has 0 fully saturated rings. The smallest absolute Gasteiger partial charge is 0.241 e. The Bertz CT molecular complexity index is 401. The number of hydrogen-bond donors (Lipinski definition) is 2. The number of nitrogens with one attached hydrogen (secondary N) is 1. The second-order valence-corrected chi connectivity index (χ2v) is 4.46. The minimum Gasteiger partial charge on any atom is -0.492 e. The van der Waals surface area contributed by atoms with Gasteiger partial charge in [-0.1, -0.05) is 6.07 Å². The van der Waals surface area contributed by atoms with Crippen molar-refractivity contribution in [1.29, 1.82) is 0 Å². The average Bonchev–Trinajstić information content (AvgIpc) is 2.28. The van der Waals surface area contributed by atoms with Gasteiger partial charge in [-0.05, 0) is 33.2 Å². The van der Waals surface area contributed by atoms with Crippen molar-refractivity contribution >= 4 is 36.4 Å². The summed E-state index contributed by atoms with van der Waals surface area (Å²) in [5.41, 5.74) is 6.18. The summed E-state index contributed by atoms with van der Waals surface area (Å²) in [5.74, 6) is 0.528. The molecule has 1 amide bonds. The Morgan fingerprint density at radius 1 is 1.40 bits per heavy atom. The van der Waals surface area contributed by atoms with Gasteiger partial charge in [0.05, 0.1) is 6.04 Å². The number of ether oxygens (including phenoxy) is 1. The van der Waals surface area contributed by atoms with Crippen molar-refractivity contribution in [2.75, 3.05) is 32.6 Å². The van der Waals surface area contributed by atoms with Crippen LogP contribution in [0.25, 0.3) is 0 Å². The van der Waals surface area contributed by atoms with E-state index < -0.39 is 6.04 Å². The van der Waals surface area contributed by atoms with Crippen molar-refractivity contribution in [2.45, 2.75) is 13.0 Å². The zero-order valence-electron chi connectivity index (χ0n) is 12.0. The highest BCUT2D eigenvalue weighted by Gasteiger charge is 2.07. The first-order valence-electron chi connectivity index (χ1n) is 5.93. The van der Waals surface area contributed by atoms with Crippen LogP contribution in [-0.4, -0.2) is 44.1 Å². The quantitative estimate of drug-likeness (QED) is 0.837.